The van der Waals surface area contributed by atoms with E-state index in [1.165, 1.54) is 10.6 Å². The van der Waals surface area contributed by atoms with Crippen LogP contribution in [0, 0.1) is 5.82 Å². The zero-order valence-electron chi connectivity index (χ0n) is 23.5. The molecule has 4 aromatic rings. The summed E-state index contributed by atoms with van der Waals surface area (Å²) >= 11 is 6.79. The van der Waals surface area contributed by atoms with Crippen LogP contribution in [0.2, 0.25) is 5.02 Å². The number of nitrogens with zero attached hydrogens (tertiary/aromatic N) is 6. The van der Waals surface area contributed by atoms with Crippen LogP contribution < -0.4 is 21.6 Å². The highest BCUT2D eigenvalue weighted by molar-refractivity contribution is 6.33. The van der Waals surface area contributed by atoms with Gasteiger partial charge in [-0.15, -0.1) is 0 Å². The molecule has 1 aliphatic heterocycles. The summed E-state index contributed by atoms with van der Waals surface area (Å²) in [5.41, 5.74) is 8.02. The van der Waals surface area contributed by atoms with Crippen molar-refractivity contribution in [3.63, 3.8) is 0 Å². The van der Waals surface area contributed by atoms with E-state index in [-0.39, 0.29) is 46.1 Å². The predicted octanol–water partition coefficient (Wildman–Crippen LogP) is 5.05. The maximum atomic E-state index is 15.0. The van der Waals surface area contributed by atoms with Crippen LogP contribution in [0.3, 0.4) is 0 Å². The molecule has 2 atom stereocenters. The number of nitrogen functional groups attached to an aromatic ring is 1. The quantitative estimate of drug-likeness (QED) is 0.346. The Morgan fingerprint density at radius 3 is 2.33 bits per heavy atom. The average molecular weight is 565 g/mol. The van der Waals surface area contributed by atoms with Crippen LogP contribution in [0.15, 0.2) is 35.1 Å². The summed E-state index contributed by atoms with van der Waals surface area (Å²) in [4.78, 5) is 34.8. The predicted molar refractivity (Wildman–Crippen MR) is 158 cm³/mol. The maximum Gasteiger partial charge on any atom is 0.355 e. The normalized spacial score (nSPS) is 17.8. The molecule has 0 radical (unpaired) electrons. The number of nitrogens with one attached hydrogen (secondary N) is 1. The van der Waals surface area contributed by atoms with Crippen molar-refractivity contribution in [1.29, 1.82) is 0 Å². The van der Waals surface area contributed by atoms with Crippen molar-refractivity contribution in [2.75, 3.05) is 23.7 Å². The van der Waals surface area contributed by atoms with Crippen LogP contribution in [-0.2, 0) is 0 Å². The first-order valence-corrected chi connectivity index (χ1v) is 13.9. The molecule has 0 bridgehead atoms. The van der Waals surface area contributed by atoms with Gasteiger partial charge in [-0.05, 0) is 43.9 Å². The first-order valence-electron chi connectivity index (χ1n) is 13.5. The van der Waals surface area contributed by atoms with Crippen molar-refractivity contribution in [2.24, 2.45) is 0 Å². The van der Waals surface area contributed by atoms with Crippen LogP contribution in [0.4, 0.5) is 16.2 Å². The Hall–Kier alpha value is -3.63. The highest BCUT2D eigenvalue weighted by Gasteiger charge is 2.30. The number of anilines is 2. The Bertz CT molecular complexity index is 1620. The Kier molecular flexibility index (Phi) is 7.50. The highest BCUT2D eigenvalue weighted by atomic mass is 35.5. The van der Waals surface area contributed by atoms with Crippen molar-refractivity contribution >= 4 is 34.4 Å². The topological polar surface area (TPSA) is 115 Å². The van der Waals surface area contributed by atoms with Gasteiger partial charge >= 0.3 is 5.69 Å². The van der Waals surface area contributed by atoms with Crippen molar-refractivity contribution in [3.05, 3.63) is 63.0 Å². The monoisotopic (exact) mass is 564 g/mol. The molecule has 3 N–H and O–H groups in total. The van der Waals surface area contributed by atoms with E-state index in [0.29, 0.717) is 40.5 Å². The number of aromatic nitrogens is 5. The summed E-state index contributed by atoms with van der Waals surface area (Å²) in [5.74, 6) is -0.0333. The molecule has 4 heterocycles. The van der Waals surface area contributed by atoms with Gasteiger partial charge in [-0.2, -0.15) is 4.98 Å². The van der Waals surface area contributed by atoms with Crippen molar-refractivity contribution in [1.82, 2.24) is 29.8 Å². The Morgan fingerprint density at radius 1 is 1.05 bits per heavy atom. The fourth-order valence-electron chi connectivity index (χ4n) is 5.23. The fraction of sp³-hybridized carbons (Fsp3) is 0.414. The van der Waals surface area contributed by atoms with E-state index in [1.54, 1.807) is 24.3 Å². The van der Waals surface area contributed by atoms with E-state index in [2.05, 4.69) is 39.0 Å². The molecule has 11 heteroatoms. The molecule has 0 amide bonds. The molecular weight excluding hydrogens is 531 g/mol. The minimum atomic E-state index is -0.535. The number of piperazine rings is 1. The summed E-state index contributed by atoms with van der Waals surface area (Å²) in [5, 5.41) is 4.29. The van der Waals surface area contributed by atoms with Gasteiger partial charge in [-0.25, -0.2) is 28.7 Å². The lowest BCUT2D eigenvalue weighted by atomic mass is 10.0. The van der Waals surface area contributed by atoms with Crippen molar-refractivity contribution < 1.29 is 4.39 Å². The number of benzene rings is 1. The van der Waals surface area contributed by atoms with Gasteiger partial charge in [0.15, 0.2) is 5.65 Å². The first kappa shape index (κ1) is 27.9. The fourth-order valence-corrected chi connectivity index (χ4v) is 5.48. The third kappa shape index (κ3) is 4.90. The second-order valence-corrected chi connectivity index (χ2v) is 11.5. The molecule has 0 spiro atoms. The molecule has 40 heavy (non-hydrogen) atoms. The van der Waals surface area contributed by atoms with Gasteiger partial charge < -0.3 is 16.0 Å². The van der Waals surface area contributed by atoms with Crippen LogP contribution in [0.25, 0.3) is 28.0 Å². The molecule has 3 aromatic heterocycles. The molecule has 210 valence electrons. The van der Waals surface area contributed by atoms with Gasteiger partial charge in [0.1, 0.15) is 11.6 Å². The van der Waals surface area contributed by atoms with Crippen LogP contribution in [0.1, 0.15) is 64.8 Å². The zero-order valence-corrected chi connectivity index (χ0v) is 24.3. The Labute approximate surface area is 237 Å². The largest absolute Gasteiger partial charge is 0.368 e. The van der Waals surface area contributed by atoms with Gasteiger partial charge in [0.05, 0.1) is 33.2 Å². The van der Waals surface area contributed by atoms with Gasteiger partial charge in [-0.1, -0.05) is 51.4 Å². The second-order valence-electron chi connectivity index (χ2n) is 11.0. The molecule has 1 fully saturated rings. The van der Waals surface area contributed by atoms with Crippen molar-refractivity contribution in [2.45, 2.75) is 65.5 Å². The first-order chi connectivity index (χ1) is 19.0. The third-order valence-electron chi connectivity index (χ3n) is 7.24. The molecular formula is C29H34ClFN8O. The summed E-state index contributed by atoms with van der Waals surface area (Å²) in [6, 6.07) is 8.27. The summed E-state index contributed by atoms with van der Waals surface area (Å²) in [7, 11) is 0. The lowest BCUT2D eigenvalue weighted by molar-refractivity contribution is 0.423. The summed E-state index contributed by atoms with van der Waals surface area (Å²) in [6.07, 6.45) is 0. The third-order valence-corrected chi connectivity index (χ3v) is 7.53. The summed E-state index contributed by atoms with van der Waals surface area (Å²) in [6.45, 7) is 13.4. The number of fused-ring (bicyclic) bond motifs is 1. The minimum absolute atomic E-state index is 0.0597. The van der Waals surface area contributed by atoms with Crippen LogP contribution in [0.5, 0.6) is 0 Å². The van der Waals surface area contributed by atoms with Crippen molar-refractivity contribution in [3.8, 4) is 16.9 Å². The minimum Gasteiger partial charge on any atom is -0.368 e. The number of hydrogen-bond acceptors (Lipinski definition) is 8. The number of rotatable bonds is 5. The molecule has 1 aromatic carbocycles. The highest BCUT2D eigenvalue weighted by Crippen LogP contribution is 2.37. The number of nitrogens with two attached hydrogens (primary N) is 1. The Balaban J connectivity index is 1.94. The van der Waals surface area contributed by atoms with Crippen LogP contribution >= 0.6 is 11.6 Å². The van der Waals surface area contributed by atoms with E-state index in [9.17, 15) is 9.18 Å². The molecule has 1 aliphatic rings. The molecule has 0 unspecified atom stereocenters. The SMILES string of the molecule is CC(C)c1nc(N)nc(C(C)C)c1-n1c(=O)nc(N2C[C@@H](C)NC[C@@H]2C)c2cc(Cl)c(-c3ccccc3F)nc21. The van der Waals surface area contributed by atoms with Gasteiger partial charge in [0.25, 0.3) is 0 Å². The Morgan fingerprint density at radius 2 is 1.70 bits per heavy atom. The van der Waals surface area contributed by atoms with E-state index in [0.717, 1.165) is 6.54 Å². The molecule has 1 saturated heterocycles. The van der Waals surface area contributed by atoms with E-state index < -0.39 is 11.5 Å². The zero-order chi connectivity index (χ0) is 28.9. The number of pyridine rings is 1. The number of hydrogen-bond donors (Lipinski definition) is 2. The maximum absolute atomic E-state index is 15.0. The number of halogens is 2. The molecule has 0 aliphatic carbocycles. The molecule has 9 nitrogen and oxygen atoms in total. The van der Waals surface area contributed by atoms with E-state index in [1.807, 2.05) is 27.7 Å². The van der Waals surface area contributed by atoms with Gasteiger partial charge in [0, 0.05) is 30.7 Å². The van der Waals surface area contributed by atoms with Crippen LogP contribution in [-0.4, -0.2) is 49.7 Å². The second kappa shape index (κ2) is 10.7. The summed E-state index contributed by atoms with van der Waals surface area (Å²) < 4.78 is 16.4. The standard InChI is InChI=1S/C29H34ClFN8O/c1-14(2)22-25(23(15(3)4)36-28(32)35-22)39-27-19(11-20(30)24(34-27)18-9-7-8-10-21(18)31)26(37-29(39)40)38-13-16(5)33-12-17(38)6/h7-11,14-17,33H,12-13H2,1-6H3,(H2,32,35,36)/t16-,17+/m1/s1. The van der Waals surface area contributed by atoms with E-state index in [4.69, 9.17) is 22.3 Å². The smallest absolute Gasteiger partial charge is 0.355 e. The average Bonchev–Trinajstić information content (AvgIpc) is 2.90. The van der Waals surface area contributed by atoms with E-state index >= 15 is 0 Å². The lowest BCUT2D eigenvalue weighted by Crippen LogP contribution is -2.55. The molecule has 5 rings (SSSR count). The molecule has 0 saturated carbocycles. The van der Waals surface area contributed by atoms with Gasteiger partial charge in [-0.3, -0.25) is 0 Å². The van der Waals surface area contributed by atoms with Gasteiger partial charge in [0.2, 0.25) is 5.95 Å². The lowest BCUT2D eigenvalue weighted by Gasteiger charge is -2.38.